The van der Waals surface area contributed by atoms with E-state index >= 15 is 0 Å². The van der Waals surface area contributed by atoms with E-state index in [4.69, 9.17) is 19.7 Å². The molecule has 0 fully saturated rings. The van der Waals surface area contributed by atoms with Crippen molar-refractivity contribution in [1.29, 1.82) is 0 Å². The molecule has 0 unspecified atom stereocenters. The zero-order valence-electron chi connectivity index (χ0n) is 28.0. The van der Waals surface area contributed by atoms with Crippen molar-refractivity contribution < 1.29 is 4.74 Å². The quantitative estimate of drug-likeness (QED) is 0.175. The summed E-state index contributed by atoms with van der Waals surface area (Å²) in [4.78, 5) is 15.4. The number of fused-ring (bicyclic) bond motifs is 12. The number of nitrogens with zero attached hydrogens (tertiary/aromatic N) is 7. The standard InChI is InChI=1S/C41H31N7OSi/c1-24-11-9-17-32-37(24)43-40-45(28-13-5-7-15-30(28)47(32)40)26-19-20-34-35(21-26)50(3,4)36-22-27(23-42-39(36)49-34)46-29-14-6-8-16-31(29)48-33-18-10-12-25(2)38(33)44-41(46)48/h5-23H,1-4H3. The topological polar surface area (TPSA) is 66.6 Å². The van der Waals surface area contributed by atoms with E-state index < -0.39 is 8.07 Å². The van der Waals surface area contributed by atoms with Crippen molar-refractivity contribution in [2.24, 2.45) is 0 Å². The summed E-state index contributed by atoms with van der Waals surface area (Å²) in [6.45, 7) is 9.05. The van der Waals surface area contributed by atoms with Gasteiger partial charge in [-0.2, -0.15) is 0 Å². The molecule has 0 bridgehead atoms. The van der Waals surface area contributed by atoms with Crippen LogP contribution in [0.4, 0.5) is 0 Å². The maximum absolute atomic E-state index is 6.60. The minimum absolute atomic E-state index is 0.686. The molecule has 0 radical (unpaired) electrons. The Morgan fingerprint density at radius 3 is 1.66 bits per heavy atom. The lowest BCUT2D eigenvalue weighted by atomic mass is 10.2. The number of para-hydroxylation sites is 6. The van der Waals surface area contributed by atoms with Gasteiger partial charge in [-0.05, 0) is 90.8 Å². The fourth-order valence-electron chi connectivity index (χ4n) is 8.21. The number of aromatic nitrogens is 7. The molecular formula is C41H31N7OSi. The summed E-state index contributed by atoms with van der Waals surface area (Å²) >= 11 is 0. The van der Waals surface area contributed by atoms with Crippen molar-refractivity contribution >= 4 is 74.1 Å². The van der Waals surface area contributed by atoms with Crippen molar-refractivity contribution in [2.45, 2.75) is 26.9 Å². The highest BCUT2D eigenvalue weighted by Crippen LogP contribution is 2.35. The Labute approximate surface area is 287 Å². The van der Waals surface area contributed by atoms with E-state index in [2.05, 4.69) is 154 Å². The molecule has 240 valence electrons. The molecule has 1 aliphatic heterocycles. The van der Waals surface area contributed by atoms with Crippen LogP contribution >= 0.6 is 0 Å². The van der Waals surface area contributed by atoms with Gasteiger partial charge in [0.1, 0.15) is 13.8 Å². The monoisotopic (exact) mass is 665 g/mol. The molecule has 6 heterocycles. The van der Waals surface area contributed by atoms with Gasteiger partial charge >= 0.3 is 0 Å². The van der Waals surface area contributed by atoms with Crippen molar-refractivity contribution in [3.8, 4) is 23.0 Å². The first kappa shape index (κ1) is 27.7. The Kier molecular flexibility index (Phi) is 5.26. The number of ether oxygens (including phenoxy) is 1. The second kappa shape index (κ2) is 9.49. The van der Waals surface area contributed by atoms with E-state index in [1.807, 2.05) is 6.20 Å². The maximum Gasteiger partial charge on any atom is 0.220 e. The highest BCUT2D eigenvalue weighted by Gasteiger charge is 2.38. The third-order valence-corrected chi connectivity index (χ3v) is 14.2. The smallest absolute Gasteiger partial charge is 0.220 e. The van der Waals surface area contributed by atoms with Crippen molar-refractivity contribution in [3.05, 3.63) is 127 Å². The van der Waals surface area contributed by atoms with E-state index in [0.717, 1.165) is 83.6 Å². The van der Waals surface area contributed by atoms with Gasteiger partial charge < -0.3 is 4.74 Å². The number of hydrogen-bond acceptors (Lipinski definition) is 4. The van der Waals surface area contributed by atoms with Crippen LogP contribution in [-0.2, 0) is 0 Å². The summed E-state index contributed by atoms with van der Waals surface area (Å²) in [7, 11) is -2.34. The van der Waals surface area contributed by atoms with Gasteiger partial charge in [-0.1, -0.05) is 61.6 Å². The SMILES string of the molecule is Cc1cccc2c1nc1n(-c3ccc4c(c3)[Si](C)(C)c3cc(-n5c6ccccc6n6c7cccc(C)c7nc56)cnc3O4)c3ccccc3n21. The molecular weight excluding hydrogens is 635 g/mol. The summed E-state index contributed by atoms with van der Waals surface area (Å²) < 4.78 is 15.7. The lowest BCUT2D eigenvalue weighted by Crippen LogP contribution is -2.56. The highest BCUT2D eigenvalue weighted by atomic mass is 28.3. The second-order valence-electron chi connectivity index (χ2n) is 14.0. The molecule has 5 aromatic heterocycles. The van der Waals surface area contributed by atoms with Gasteiger partial charge in [0.05, 0.1) is 56.0 Å². The largest absolute Gasteiger partial charge is 0.439 e. The van der Waals surface area contributed by atoms with E-state index in [1.165, 1.54) is 10.8 Å². The van der Waals surface area contributed by atoms with Crippen LogP contribution in [0.3, 0.4) is 0 Å². The van der Waals surface area contributed by atoms with Crippen LogP contribution < -0.4 is 15.1 Å². The minimum atomic E-state index is -2.34. The van der Waals surface area contributed by atoms with E-state index in [9.17, 15) is 0 Å². The first-order chi connectivity index (χ1) is 24.4. The predicted octanol–water partition coefficient (Wildman–Crippen LogP) is 8.12. The Balaban J connectivity index is 1.11. The lowest BCUT2D eigenvalue weighted by molar-refractivity contribution is 0.467. The molecule has 0 aliphatic carbocycles. The summed E-state index contributed by atoms with van der Waals surface area (Å²) in [6.07, 6.45) is 1.93. The van der Waals surface area contributed by atoms with Gasteiger partial charge in [-0.15, -0.1) is 0 Å². The zero-order valence-corrected chi connectivity index (χ0v) is 29.0. The second-order valence-corrected chi connectivity index (χ2v) is 18.3. The van der Waals surface area contributed by atoms with E-state index in [-0.39, 0.29) is 0 Å². The van der Waals surface area contributed by atoms with E-state index in [1.54, 1.807) is 0 Å². The van der Waals surface area contributed by atoms with Crippen LogP contribution in [0.2, 0.25) is 13.1 Å². The van der Waals surface area contributed by atoms with Crippen LogP contribution in [0, 0.1) is 13.8 Å². The molecule has 0 saturated heterocycles. The average molecular weight is 666 g/mol. The van der Waals surface area contributed by atoms with Gasteiger partial charge in [-0.3, -0.25) is 17.9 Å². The third-order valence-electron chi connectivity index (χ3n) is 10.7. The molecule has 11 rings (SSSR count). The third kappa shape index (κ3) is 3.46. The van der Waals surface area contributed by atoms with Crippen LogP contribution in [0.1, 0.15) is 11.1 Å². The molecule has 1 aliphatic rings. The van der Waals surface area contributed by atoms with Gasteiger partial charge in [-0.25, -0.2) is 15.0 Å². The molecule has 9 heteroatoms. The first-order valence-electron chi connectivity index (χ1n) is 17.0. The molecule has 0 spiro atoms. The minimum Gasteiger partial charge on any atom is -0.439 e. The van der Waals surface area contributed by atoms with Gasteiger partial charge in [0.25, 0.3) is 0 Å². The number of imidazole rings is 4. The average Bonchev–Trinajstić information content (AvgIpc) is 3.86. The summed E-state index contributed by atoms with van der Waals surface area (Å²) in [5.41, 5.74) is 13.1. The van der Waals surface area contributed by atoms with Crippen molar-refractivity contribution in [1.82, 2.24) is 32.9 Å². The lowest BCUT2D eigenvalue weighted by Gasteiger charge is -2.32. The summed E-state index contributed by atoms with van der Waals surface area (Å²) in [5.74, 6) is 3.34. The number of hydrogen-bond donors (Lipinski definition) is 0. The first-order valence-corrected chi connectivity index (χ1v) is 20.0. The molecule has 5 aromatic carbocycles. The normalized spacial score (nSPS) is 13.9. The van der Waals surface area contributed by atoms with Gasteiger partial charge in [0, 0.05) is 10.9 Å². The van der Waals surface area contributed by atoms with Crippen molar-refractivity contribution in [2.75, 3.05) is 0 Å². The molecule has 0 amide bonds. The number of aryl methyl sites for hydroxylation is 2. The predicted molar refractivity (Wildman–Crippen MR) is 203 cm³/mol. The Bertz CT molecular complexity index is 2880. The number of benzene rings is 5. The fourth-order valence-corrected chi connectivity index (χ4v) is 10.9. The molecule has 0 atom stereocenters. The number of pyridine rings is 1. The molecule has 50 heavy (non-hydrogen) atoms. The zero-order chi connectivity index (χ0) is 33.5. The summed E-state index contributed by atoms with van der Waals surface area (Å²) in [6, 6.07) is 38.7. The van der Waals surface area contributed by atoms with Crippen molar-refractivity contribution in [3.63, 3.8) is 0 Å². The van der Waals surface area contributed by atoms with Crippen LogP contribution in [0.5, 0.6) is 11.6 Å². The van der Waals surface area contributed by atoms with Crippen LogP contribution in [0.25, 0.3) is 67.1 Å². The summed E-state index contributed by atoms with van der Waals surface area (Å²) in [5, 5.41) is 2.39. The highest BCUT2D eigenvalue weighted by molar-refractivity contribution is 7.01. The number of rotatable bonds is 2. The Morgan fingerprint density at radius 1 is 0.540 bits per heavy atom. The molecule has 0 saturated carbocycles. The molecule has 0 N–H and O–H groups in total. The van der Waals surface area contributed by atoms with Crippen LogP contribution in [0.15, 0.2) is 115 Å². The molecule has 10 aromatic rings. The maximum atomic E-state index is 6.60. The van der Waals surface area contributed by atoms with E-state index in [0.29, 0.717) is 5.88 Å². The van der Waals surface area contributed by atoms with Gasteiger partial charge in [0.2, 0.25) is 17.4 Å². The van der Waals surface area contributed by atoms with Crippen LogP contribution in [-0.4, -0.2) is 41.0 Å². The Morgan fingerprint density at radius 2 is 1.06 bits per heavy atom. The Hall–Kier alpha value is -6.19. The van der Waals surface area contributed by atoms with Gasteiger partial charge in [0.15, 0.2) is 0 Å². The molecule has 8 nitrogen and oxygen atoms in total. The fraction of sp³-hybridized carbons (Fsp3) is 0.0976.